The maximum Gasteiger partial charge on any atom is 0.222 e. The molecule has 1 heterocycles. The van der Waals surface area contributed by atoms with Crippen LogP contribution in [0.5, 0.6) is 17.2 Å². The maximum absolute atomic E-state index is 11.9. The molecule has 0 atom stereocenters. The Morgan fingerprint density at radius 2 is 1.80 bits per heavy atom. The number of methoxy groups -OCH3 is 3. The summed E-state index contributed by atoms with van der Waals surface area (Å²) in [6, 6.07) is 9.20. The first-order valence-corrected chi connectivity index (χ1v) is 7.88. The molecule has 7 nitrogen and oxygen atoms in total. The summed E-state index contributed by atoms with van der Waals surface area (Å²) in [5, 5.41) is 6.02. The maximum atomic E-state index is 11.9. The second kappa shape index (κ2) is 9.36. The quantitative estimate of drug-likeness (QED) is 0.725. The summed E-state index contributed by atoms with van der Waals surface area (Å²) in [4.78, 5) is 16.1. The predicted octanol–water partition coefficient (Wildman–Crippen LogP) is 2.23. The number of carbonyl (C=O) groups is 1. The van der Waals surface area contributed by atoms with Crippen LogP contribution in [-0.2, 0) is 11.3 Å². The number of rotatable bonds is 9. The molecule has 0 saturated carbocycles. The molecular formula is C18H23N3O4. The second-order valence-electron chi connectivity index (χ2n) is 5.19. The SMILES string of the molecule is COc1cc(NCCC(=O)NCc2ccccn2)cc(OC)c1OC. The number of ether oxygens (including phenoxy) is 3. The lowest BCUT2D eigenvalue weighted by Gasteiger charge is -2.15. The van der Waals surface area contributed by atoms with Crippen molar-refractivity contribution in [3.63, 3.8) is 0 Å². The highest BCUT2D eigenvalue weighted by atomic mass is 16.5. The van der Waals surface area contributed by atoms with Crippen molar-refractivity contribution in [1.29, 1.82) is 0 Å². The molecule has 1 aromatic heterocycles. The van der Waals surface area contributed by atoms with Crippen molar-refractivity contribution in [2.45, 2.75) is 13.0 Å². The fourth-order valence-electron chi connectivity index (χ4n) is 2.28. The molecule has 0 unspecified atom stereocenters. The average Bonchev–Trinajstić information content (AvgIpc) is 2.66. The Kier molecular flexibility index (Phi) is 6.88. The zero-order valence-corrected chi connectivity index (χ0v) is 14.7. The zero-order valence-electron chi connectivity index (χ0n) is 14.7. The Labute approximate surface area is 147 Å². The van der Waals surface area contributed by atoms with E-state index in [9.17, 15) is 4.79 Å². The zero-order chi connectivity index (χ0) is 18.1. The van der Waals surface area contributed by atoms with Crippen molar-refractivity contribution >= 4 is 11.6 Å². The molecule has 2 aromatic rings. The van der Waals surface area contributed by atoms with E-state index in [0.29, 0.717) is 36.8 Å². The van der Waals surface area contributed by atoms with E-state index in [-0.39, 0.29) is 5.91 Å². The fourth-order valence-corrected chi connectivity index (χ4v) is 2.28. The standard InChI is InChI=1S/C18H23N3O4/c1-23-15-10-14(11-16(24-2)18(15)25-3)20-9-7-17(22)21-12-13-6-4-5-8-19-13/h4-6,8,10-11,20H,7,9,12H2,1-3H3,(H,21,22). The van der Waals surface area contributed by atoms with Gasteiger partial charge in [-0.1, -0.05) is 6.07 Å². The molecule has 25 heavy (non-hydrogen) atoms. The minimum Gasteiger partial charge on any atom is -0.493 e. The van der Waals surface area contributed by atoms with Crippen LogP contribution in [0.3, 0.4) is 0 Å². The van der Waals surface area contributed by atoms with E-state index >= 15 is 0 Å². The van der Waals surface area contributed by atoms with Crippen LogP contribution < -0.4 is 24.8 Å². The average molecular weight is 345 g/mol. The molecule has 0 spiro atoms. The molecule has 0 bridgehead atoms. The minimum absolute atomic E-state index is 0.0504. The van der Waals surface area contributed by atoms with Gasteiger partial charge in [-0.05, 0) is 12.1 Å². The van der Waals surface area contributed by atoms with E-state index in [1.807, 2.05) is 18.2 Å². The Hall–Kier alpha value is -2.96. The van der Waals surface area contributed by atoms with Crippen molar-refractivity contribution in [3.8, 4) is 17.2 Å². The molecule has 0 saturated heterocycles. The van der Waals surface area contributed by atoms with Crippen LogP contribution in [0, 0.1) is 0 Å². The fraction of sp³-hybridized carbons (Fsp3) is 0.333. The minimum atomic E-state index is -0.0504. The molecule has 2 N–H and O–H groups in total. The monoisotopic (exact) mass is 345 g/mol. The first-order chi connectivity index (χ1) is 12.2. The van der Waals surface area contributed by atoms with Crippen molar-refractivity contribution in [2.75, 3.05) is 33.2 Å². The van der Waals surface area contributed by atoms with E-state index in [4.69, 9.17) is 14.2 Å². The number of nitrogens with one attached hydrogen (secondary N) is 2. The third-order valence-electron chi connectivity index (χ3n) is 3.54. The summed E-state index contributed by atoms with van der Waals surface area (Å²) >= 11 is 0. The molecule has 0 fully saturated rings. The van der Waals surface area contributed by atoms with Gasteiger partial charge in [0, 0.05) is 37.0 Å². The third-order valence-corrected chi connectivity index (χ3v) is 3.54. The number of amides is 1. The first kappa shape index (κ1) is 18.4. The van der Waals surface area contributed by atoms with Gasteiger partial charge in [0.1, 0.15) is 0 Å². The summed E-state index contributed by atoms with van der Waals surface area (Å²) in [7, 11) is 4.68. The topological polar surface area (TPSA) is 81.7 Å². The van der Waals surface area contributed by atoms with Crippen LogP contribution >= 0.6 is 0 Å². The molecule has 2 rings (SSSR count). The Morgan fingerprint density at radius 3 is 2.36 bits per heavy atom. The lowest BCUT2D eigenvalue weighted by molar-refractivity contribution is -0.121. The Morgan fingerprint density at radius 1 is 1.08 bits per heavy atom. The van der Waals surface area contributed by atoms with Gasteiger partial charge in [0.05, 0.1) is 33.6 Å². The van der Waals surface area contributed by atoms with Gasteiger partial charge in [0.25, 0.3) is 0 Å². The van der Waals surface area contributed by atoms with E-state index in [1.165, 1.54) is 0 Å². The number of benzene rings is 1. The molecule has 0 aliphatic carbocycles. The van der Waals surface area contributed by atoms with Crippen LogP contribution in [0.25, 0.3) is 0 Å². The van der Waals surface area contributed by atoms with Gasteiger partial charge < -0.3 is 24.8 Å². The van der Waals surface area contributed by atoms with Crippen LogP contribution in [0.4, 0.5) is 5.69 Å². The van der Waals surface area contributed by atoms with Crippen molar-refractivity contribution in [1.82, 2.24) is 10.3 Å². The van der Waals surface area contributed by atoms with Crippen LogP contribution in [0.1, 0.15) is 12.1 Å². The van der Waals surface area contributed by atoms with E-state index in [0.717, 1.165) is 11.4 Å². The number of pyridine rings is 1. The number of hydrogen-bond donors (Lipinski definition) is 2. The van der Waals surface area contributed by atoms with Gasteiger partial charge in [-0.2, -0.15) is 0 Å². The molecular weight excluding hydrogens is 322 g/mol. The highest BCUT2D eigenvalue weighted by Crippen LogP contribution is 2.39. The largest absolute Gasteiger partial charge is 0.493 e. The smallest absolute Gasteiger partial charge is 0.222 e. The lowest BCUT2D eigenvalue weighted by Crippen LogP contribution is -2.25. The molecule has 1 amide bonds. The number of hydrogen-bond acceptors (Lipinski definition) is 6. The van der Waals surface area contributed by atoms with Gasteiger partial charge in [-0.15, -0.1) is 0 Å². The van der Waals surface area contributed by atoms with Gasteiger partial charge in [0.15, 0.2) is 11.5 Å². The lowest BCUT2D eigenvalue weighted by atomic mass is 10.2. The number of carbonyl (C=O) groups excluding carboxylic acids is 1. The summed E-state index contributed by atoms with van der Waals surface area (Å²) in [5.74, 6) is 1.60. The highest BCUT2D eigenvalue weighted by molar-refractivity contribution is 5.76. The first-order valence-electron chi connectivity index (χ1n) is 7.88. The van der Waals surface area contributed by atoms with E-state index < -0.39 is 0 Å². The molecule has 134 valence electrons. The molecule has 0 radical (unpaired) electrons. The summed E-state index contributed by atoms with van der Waals surface area (Å²) in [6.45, 7) is 0.899. The van der Waals surface area contributed by atoms with Crippen molar-refractivity contribution in [3.05, 3.63) is 42.2 Å². The predicted molar refractivity (Wildman–Crippen MR) is 95.3 cm³/mol. The summed E-state index contributed by atoms with van der Waals surface area (Å²) in [6.07, 6.45) is 2.04. The third kappa shape index (κ3) is 5.27. The number of anilines is 1. The molecule has 1 aromatic carbocycles. The van der Waals surface area contributed by atoms with E-state index in [1.54, 1.807) is 39.7 Å². The van der Waals surface area contributed by atoms with Gasteiger partial charge >= 0.3 is 0 Å². The Bertz CT molecular complexity index is 667. The molecule has 0 aliphatic heterocycles. The van der Waals surface area contributed by atoms with E-state index in [2.05, 4.69) is 15.6 Å². The van der Waals surface area contributed by atoms with Gasteiger partial charge in [-0.25, -0.2) is 0 Å². The second-order valence-corrected chi connectivity index (χ2v) is 5.19. The Balaban J connectivity index is 1.85. The van der Waals surface area contributed by atoms with Gasteiger partial charge in [0.2, 0.25) is 11.7 Å². The molecule has 0 aliphatic rings. The summed E-state index contributed by atoms with van der Waals surface area (Å²) in [5.41, 5.74) is 1.61. The van der Waals surface area contributed by atoms with Crippen molar-refractivity contribution < 1.29 is 19.0 Å². The van der Waals surface area contributed by atoms with Crippen LogP contribution in [-0.4, -0.2) is 38.8 Å². The van der Waals surface area contributed by atoms with Crippen LogP contribution in [0.2, 0.25) is 0 Å². The normalized spacial score (nSPS) is 10.0. The molecule has 7 heteroatoms. The summed E-state index contributed by atoms with van der Waals surface area (Å²) < 4.78 is 15.9. The number of aromatic nitrogens is 1. The van der Waals surface area contributed by atoms with Gasteiger partial charge in [-0.3, -0.25) is 9.78 Å². The van der Waals surface area contributed by atoms with Crippen LogP contribution in [0.15, 0.2) is 36.5 Å². The van der Waals surface area contributed by atoms with Crippen molar-refractivity contribution in [2.24, 2.45) is 0 Å². The highest BCUT2D eigenvalue weighted by Gasteiger charge is 2.13. The number of nitrogens with zero attached hydrogens (tertiary/aromatic N) is 1.